The van der Waals surface area contributed by atoms with Gasteiger partial charge in [-0.25, -0.2) is 0 Å². The van der Waals surface area contributed by atoms with Gasteiger partial charge < -0.3 is 20.7 Å². The lowest BCUT2D eigenvalue weighted by atomic mass is 9.88. The van der Waals surface area contributed by atoms with Gasteiger partial charge in [0.15, 0.2) is 0 Å². The largest absolute Gasteiger partial charge is 0.495 e. The summed E-state index contributed by atoms with van der Waals surface area (Å²) >= 11 is 0. The number of methoxy groups -OCH3 is 1. The number of benzene rings is 1. The van der Waals surface area contributed by atoms with Crippen LogP contribution in [0.5, 0.6) is 5.75 Å². The van der Waals surface area contributed by atoms with Crippen LogP contribution < -0.4 is 20.7 Å². The first kappa shape index (κ1) is 20.5. The normalized spacial score (nSPS) is 20.1. The van der Waals surface area contributed by atoms with E-state index in [0.717, 1.165) is 45.1 Å². The van der Waals surface area contributed by atoms with Crippen LogP contribution in [0.1, 0.15) is 44.9 Å². The van der Waals surface area contributed by atoms with Crippen LogP contribution in [-0.2, 0) is 9.59 Å². The molecule has 2 fully saturated rings. The Balaban J connectivity index is 0.00000243. The molecular weight excluding hydrogens is 354 g/mol. The number of hydrogen-bond donors (Lipinski definition) is 3. The van der Waals surface area contributed by atoms with Gasteiger partial charge in [-0.3, -0.25) is 9.59 Å². The van der Waals surface area contributed by atoms with E-state index in [-0.39, 0.29) is 36.2 Å². The standard InChI is InChI=1S/C19H27N3O3.ClH/c1-25-17-10-9-14(21-19(24)15-8-5-11-20-15)12-16(17)22-18(23)13-6-3-2-4-7-13;/h9-10,12-13,15,20H,2-8,11H2,1H3,(H,21,24)(H,22,23);1H. The van der Waals surface area contributed by atoms with Crippen LogP contribution >= 0.6 is 12.4 Å². The van der Waals surface area contributed by atoms with E-state index < -0.39 is 0 Å². The van der Waals surface area contributed by atoms with Crippen molar-refractivity contribution in [3.8, 4) is 5.75 Å². The van der Waals surface area contributed by atoms with E-state index in [1.165, 1.54) is 6.42 Å². The fraction of sp³-hybridized carbons (Fsp3) is 0.579. The Kier molecular flexibility index (Phi) is 7.72. The maximum absolute atomic E-state index is 12.5. The number of rotatable bonds is 5. The summed E-state index contributed by atoms with van der Waals surface area (Å²) in [5, 5.41) is 9.09. The zero-order chi connectivity index (χ0) is 17.6. The van der Waals surface area contributed by atoms with Crippen molar-refractivity contribution in [3.05, 3.63) is 18.2 Å². The Bertz CT molecular complexity index is 626. The molecule has 1 heterocycles. The number of anilines is 2. The van der Waals surface area contributed by atoms with Gasteiger partial charge in [0.25, 0.3) is 0 Å². The summed E-state index contributed by atoms with van der Waals surface area (Å²) in [4.78, 5) is 24.8. The van der Waals surface area contributed by atoms with Gasteiger partial charge in [0.1, 0.15) is 5.75 Å². The van der Waals surface area contributed by atoms with Crippen LogP contribution in [0.15, 0.2) is 18.2 Å². The second kappa shape index (κ2) is 9.78. The molecule has 26 heavy (non-hydrogen) atoms. The Hall–Kier alpha value is -1.79. The SMILES string of the molecule is COc1ccc(NC(=O)C2CCCN2)cc1NC(=O)C1CCCCC1.Cl. The molecular formula is C19H28ClN3O3. The third-order valence-corrected chi connectivity index (χ3v) is 5.08. The van der Waals surface area contributed by atoms with E-state index in [4.69, 9.17) is 4.74 Å². The van der Waals surface area contributed by atoms with Crippen LogP contribution in [0.4, 0.5) is 11.4 Å². The van der Waals surface area contributed by atoms with Crippen molar-refractivity contribution in [2.45, 2.75) is 51.0 Å². The molecule has 0 spiro atoms. The number of hydrogen-bond acceptors (Lipinski definition) is 4. The van der Waals surface area contributed by atoms with Crippen molar-refractivity contribution in [2.75, 3.05) is 24.3 Å². The predicted molar refractivity (Wildman–Crippen MR) is 105 cm³/mol. The van der Waals surface area contributed by atoms with E-state index in [1.807, 2.05) is 0 Å². The van der Waals surface area contributed by atoms with Gasteiger partial charge in [-0.15, -0.1) is 12.4 Å². The number of amides is 2. The van der Waals surface area contributed by atoms with Gasteiger partial charge in [-0.05, 0) is 50.4 Å². The zero-order valence-corrected chi connectivity index (χ0v) is 16.0. The lowest BCUT2D eigenvalue weighted by Gasteiger charge is -2.21. The first-order valence-electron chi connectivity index (χ1n) is 9.20. The molecule has 1 saturated heterocycles. The molecule has 1 saturated carbocycles. The van der Waals surface area contributed by atoms with Gasteiger partial charge in [0.05, 0.1) is 18.8 Å². The molecule has 3 N–H and O–H groups in total. The number of ether oxygens (including phenoxy) is 1. The summed E-state index contributed by atoms with van der Waals surface area (Å²) in [6, 6.07) is 5.20. The Morgan fingerprint density at radius 2 is 1.81 bits per heavy atom. The van der Waals surface area contributed by atoms with Crippen molar-refractivity contribution in [1.29, 1.82) is 0 Å². The molecule has 1 unspecified atom stereocenters. The first-order valence-corrected chi connectivity index (χ1v) is 9.20. The quantitative estimate of drug-likeness (QED) is 0.730. The summed E-state index contributed by atoms with van der Waals surface area (Å²) < 4.78 is 5.35. The number of carbonyl (C=O) groups is 2. The molecule has 2 amide bonds. The lowest BCUT2D eigenvalue weighted by Crippen LogP contribution is -2.35. The van der Waals surface area contributed by atoms with Crippen LogP contribution in [-0.4, -0.2) is 31.5 Å². The second-order valence-electron chi connectivity index (χ2n) is 6.88. The van der Waals surface area contributed by atoms with E-state index in [1.54, 1.807) is 25.3 Å². The number of carbonyl (C=O) groups excluding carboxylic acids is 2. The number of halogens is 1. The van der Waals surface area contributed by atoms with Crippen molar-refractivity contribution >= 4 is 35.6 Å². The minimum absolute atomic E-state index is 0. The molecule has 1 aromatic carbocycles. The Morgan fingerprint density at radius 1 is 1.04 bits per heavy atom. The topological polar surface area (TPSA) is 79.5 Å². The van der Waals surface area contributed by atoms with E-state index >= 15 is 0 Å². The highest BCUT2D eigenvalue weighted by molar-refractivity contribution is 5.98. The average molecular weight is 382 g/mol. The van der Waals surface area contributed by atoms with Gasteiger partial charge >= 0.3 is 0 Å². The highest BCUT2D eigenvalue weighted by atomic mass is 35.5. The summed E-state index contributed by atoms with van der Waals surface area (Å²) in [7, 11) is 1.58. The van der Waals surface area contributed by atoms with Crippen LogP contribution in [0, 0.1) is 5.92 Å². The molecule has 3 rings (SSSR count). The zero-order valence-electron chi connectivity index (χ0n) is 15.2. The van der Waals surface area contributed by atoms with Crippen molar-refractivity contribution < 1.29 is 14.3 Å². The highest BCUT2D eigenvalue weighted by Gasteiger charge is 2.24. The van der Waals surface area contributed by atoms with Gasteiger partial charge in [0.2, 0.25) is 11.8 Å². The van der Waals surface area contributed by atoms with E-state index in [2.05, 4.69) is 16.0 Å². The van der Waals surface area contributed by atoms with Gasteiger partial charge in [0, 0.05) is 11.6 Å². The summed E-state index contributed by atoms with van der Waals surface area (Å²) in [6.07, 6.45) is 7.19. The van der Waals surface area contributed by atoms with Crippen molar-refractivity contribution in [2.24, 2.45) is 5.92 Å². The second-order valence-corrected chi connectivity index (χ2v) is 6.88. The molecule has 0 aromatic heterocycles. The smallest absolute Gasteiger partial charge is 0.241 e. The molecule has 1 aromatic rings. The maximum atomic E-state index is 12.5. The average Bonchev–Trinajstić information content (AvgIpc) is 3.17. The van der Waals surface area contributed by atoms with Gasteiger partial charge in [-0.1, -0.05) is 19.3 Å². The Labute approximate surface area is 160 Å². The maximum Gasteiger partial charge on any atom is 0.241 e. The minimum atomic E-state index is -0.137. The third-order valence-electron chi connectivity index (χ3n) is 5.08. The predicted octanol–water partition coefficient (Wildman–Crippen LogP) is 3.33. The first-order chi connectivity index (χ1) is 12.2. The molecule has 6 nitrogen and oxygen atoms in total. The lowest BCUT2D eigenvalue weighted by molar-refractivity contribution is -0.120. The molecule has 7 heteroatoms. The van der Waals surface area contributed by atoms with E-state index in [9.17, 15) is 9.59 Å². The summed E-state index contributed by atoms with van der Waals surface area (Å²) in [5.74, 6) is 0.673. The molecule has 1 aliphatic heterocycles. The molecule has 0 bridgehead atoms. The minimum Gasteiger partial charge on any atom is -0.495 e. The monoisotopic (exact) mass is 381 g/mol. The third kappa shape index (κ3) is 5.11. The molecule has 0 radical (unpaired) electrons. The molecule has 144 valence electrons. The van der Waals surface area contributed by atoms with Gasteiger partial charge in [-0.2, -0.15) is 0 Å². The molecule has 2 aliphatic rings. The van der Waals surface area contributed by atoms with Crippen molar-refractivity contribution in [3.63, 3.8) is 0 Å². The van der Waals surface area contributed by atoms with Crippen molar-refractivity contribution in [1.82, 2.24) is 5.32 Å². The molecule has 1 aliphatic carbocycles. The number of nitrogens with one attached hydrogen (secondary N) is 3. The summed E-state index contributed by atoms with van der Waals surface area (Å²) in [6.45, 7) is 0.878. The summed E-state index contributed by atoms with van der Waals surface area (Å²) in [5.41, 5.74) is 1.27. The van der Waals surface area contributed by atoms with Crippen LogP contribution in [0.2, 0.25) is 0 Å². The fourth-order valence-electron chi connectivity index (χ4n) is 3.62. The van der Waals surface area contributed by atoms with Crippen LogP contribution in [0.25, 0.3) is 0 Å². The molecule has 1 atom stereocenters. The van der Waals surface area contributed by atoms with Crippen LogP contribution in [0.3, 0.4) is 0 Å². The van der Waals surface area contributed by atoms with E-state index in [0.29, 0.717) is 17.1 Å². The fourth-order valence-corrected chi connectivity index (χ4v) is 3.62. The highest BCUT2D eigenvalue weighted by Crippen LogP contribution is 2.30. The Morgan fingerprint density at radius 3 is 2.46 bits per heavy atom.